The first-order chi connectivity index (χ1) is 7.34. The molecule has 0 unspecified atom stereocenters. The molecule has 3 nitrogen and oxygen atoms in total. The summed E-state index contributed by atoms with van der Waals surface area (Å²) in [7, 11) is 0. The molecule has 1 aliphatic rings. The van der Waals surface area contributed by atoms with Crippen molar-refractivity contribution in [1.29, 1.82) is 0 Å². The summed E-state index contributed by atoms with van der Waals surface area (Å²) in [6.45, 7) is 0. The van der Waals surface area contributed by atoms with Crippen LogP contribution in [0.3, 0.4) is 0 Å². The molecule has 1 atom stereocenters. The van der Waals surface area contributed by atoms with Crippen molar-refractivity contribution in [2.24, 2.45) is 0 Å². The number of nitrogens with zero attached hydrogens (tertiary/aromatic N) is 1. The zero-order valence-corrected chi connectivity index (χ0v) is 8.17. The van der Waals surface area contributed by atoms with E-state index in [1.807, 2.05) is 30.4 Å². The Kier molecular flexibility index (Phi) is 2.93. The van der Waals surface area contributed by atoms with E-state index in [9.17, 15) is 4.79 Å². The molecule has 2 heterocycles. The van der Waals surface area contributed by atoms with Crippen molar-refractivity contribution >= 4 is 11.9 Å². The molecule has 76 valence electrons. The number of hydrogen-bond acceptors (Lipinski definition) is 3. The highest BCUT2D eigenvalue weighted by Gasteiger charge is 2.12. The Morgan fingerprint density at radius 1 is 1.47 bits per heavy atom. The molecule has 1 aliphatic heterocycles. The number of carbonyl (C=O) groups is 1. The van der Waals surface area contributed by atoms with E-state index in [1.165, 1.54) is 12.3 Å². The predicted octanol–water partition coefficient (Wildman–Crippen LogP) is 1.97. The van der Waals surface area contributed by atoms with Gasteiger partial charge in [0.2, 0.25) is 0 Å². The second kappa shape index (κ2) is 4.55. The molecule has 0 aliphatic carbocycles. The van der Waals surface area contributed by atoms with Gasteiger partial charge in [0, 0.05) is 12.3 Å². The molecule has 0 fully saturated rings. The number of ketones is 1. The zero-order valence-electron chi connectivity index (χ0n) is 8.17. The first-order valence-corrected chi connectivity index (χ1v) is 4.79. The lowest BCUT2D eigenvalue weighted by atomic mass is 10.1. The fourth-order valence-corrected chi connectivity index (χ4v) is 1.32. The van der Waals surface area contributed by atoms with Crippen LogP contribution in [0, 0.1) is 0 Å². The fourth-order valence-electron chi connectivity index (χ4n) is 1.32. The molecule has 0 N–H and O–H groups in total. The maximum Gasteiger partial charge on any atom is 0.162 e. The van der Waals surface area contributed by atoms with E-state index in [-0.39, 0.29) is 11.9 Å². The van der Waals surface area contributed by atoms with Gasteiger partial charge in [0.05, 0.1) is 18.4 Å². The van der Waals surface area contributed by atoms with E-state index in [1.54, 1.807) is 6.20 Å². The van der Waals surface area contributed by atoms with Crippen molar-refractivity contribution in [3.63, 3.8) is 0 Å². The molecule has 15 heavy (non-hydrogen) atoms. The Hall–Kier alpha value is -1.90. The van der Waals surface area contributed by atoms with Crippen LogP contribution in [0.4, 0.5) is 0 Å². The molecule has 0 spiro atoms. The number of pyridine rings is 1. The van der Waals surface area contributed by atoms with E-state index in [0.29, 0.717) is 6.42 Å². The number of rotatable bonds is 2. The van der Waals surface area contributed by atoms with Crippen LogP contribution in [-0.2, 0) is 9.53 Å². The molecule has 0 saturated heterocycles. The molecule has 3 heteroatoms. The molecule has 0 saturated carbocycles. The van der Waals surface area contributed by atoms with Gasteiger partial charge in [-0.1, -0.05) is 6.07 Å². The Labute approximate surface area is 88.1 Å². The Morgan fingerprint density at radius 3 is 3.13 bits per heavy atom. The molecular weight excluding hydrogens is 190 g/mol. The lowest BCUT2D eigenvalue weighted by molar-refractivity contribution is -0.117. The highest BCUT2D eigenvalue weighted by Crippen LogP contribution is 2.10. The summed E-state index contributed by atoms with van der Waals surface area (Å²) >= 11 is 0. The normalized spacial score (nSPS) is 20.5. The lowest BCUT2D eigenvalue weighted by Gasteiger charge is -2.14. The maximum atomic E-state index is 11.1. The van der Waals surface area contributed by atoms with Gasteiger partial charge in [0.25, 0.3) is 0 Å². The Balaban J connectivity index is 2.00. The summed E-state index contributed by atoms with van der Waals surface area (Å²) in [5, 5.41) is 0. The van der Waals surface area contributed by atoms with Gasteiger partial charge in [-0.05, 0) is 24.3 Å². The van der Waals surface area contributed by atoms with Gasteiger partial charge in [-0.2, -0.15) is 0 Å². The van der Waals surface area contributed by atoms with E-state index >= 15 is 0 Å². The minimum absolute atomic E-state index is 0.0944. The third-order valence-electron chi connectivity index (χ3n) is 2.08. The summed E-state index contributed by atoms with van der Waals surface area (Å²) in [5.41, 5.74) is 0.864. The topological polar surface area (TPSA) is 39.2 Å². The van der Waals surface area contributed by atoms with Gasteiger partial charge in [-0.15, -0.1) is 0 Å². The van der Waals surface area contributed by atoms with Gasteiger partial charge < -0.3 is 4.74 Å². The summed E-state index contributed by atoms with van der Waals surface area (Å²) in [6, 6.07) is 5.68. The van der Waals surface area contributed by atoms with E-state index in [4.69, 9.17) is 4.74 Å². The van der Waals surface area contributed by atoms with Crippen LogP contribution in [0.25, 0.3) is 6.08 Å². The summed E-state index contributed by atoms with van der Waals surface area (Å²) < 4.78 is 5.25. The standard InChI is InChI=1S/C12H11NO2/c14-11-6-8-15-12(9-11)5-4-10-3-1-2-7-13-10/h1-8,12H,9H2/b5-4-/t12-/m0/s1. The van der Waals surface area contributed by atoms with Crippen molar-refractivity contribution < 1.29 is 9.53 Å². The molecule has 2 rings (SSSR count). The van der Waals surface area contributed by atoms with Crippen LogP contribution in [0.15, 0.2) is 42.8 Å². The number of ether oxygens (including phenoxy) is 1. The summed E-state index contributed by atoms with van der Waals surface area (Å²) in [4.78, 5) is 15.2. The second-order valence-corrected chi connectivity index (χ2v) is 3.26. The highest BCUT2D eigenvalue weighted by molar-refractivity contribution is 5.90. The predicted molar refractivity (Wildman–Crippen MR) is 56.9 cm³/mol. The number of allylic oxidation sites excluding steroid dienone is 1. The molecule has 1 aromatic heterocycles. The van der Waals surface area contributed by atoms with Gasteiger partial charge in [-0.25, -0.2) is 0 Å². The van der Waals surface area contributed by atoms with Crippen molar-refractivity contribution in [3.8, 4) is 0 Å². The van der Waals surface area contributed by atoms with Crippen molar-refractivity contribution in [3.05, 3.63) is 48.5 Å². The van der Waals surface area contributed by atoms with Crippen molar-refractivity contribution in [2.75, 3.05) is 0 Å². The largest absolute Gasteiger partial charge is 0.493 e. The van der Waals surface area contributed by atoms with E-state index in [2.05, 4.69) is 4.98 Å². The molecule has 0 amide bonds. The molecule has 0 bridgehead atoms. The van der Waals surface area contributed by atoms with E-state index in [0.717, 1.165) is 5.69 Å². The van der Waals surface area contributed by atoms with E-state index < -0.39 is 0 Å². The second-order valence-electron chi connectivity index (χ2n) is 3.26. The smallest absolute Gasteiger partial charge is 0.162 e. The quantitative estimate of drug-likeness (QED) is 0.734. The molecule has 0 aromatic carbocycles. The van der Waals surface area contributed by atoms with Crippen LogP contribution >= 0.6 is 0 Å². The third kappa shape index (κ3) is 2.77. The maximum absolute atomic E-state index is 11.1. The third-order valence-corrected chi connectivity index (χ3v) is 2.08. The van der Waals surface area contributed by atoms with Gasteiger partial charge >= 0.3 is 0 Å². The van der Waals surface area contributed by atoms with Crippen LogP contribution in [0.5, 0.6) is 0 Å². The summed E-state index contributed by atoms with van der Waals surface area (Å²) in [5.74, 6) is 0.0944. The monoisotopic (exact) mass is 201 g/mol. The fraction of sp³-hybridized carbons (Fsp3) is 0.167. The van der Waals surface area contributed by atoms with Crippen molar-refractivity contribution in [1.82, 2.24) is 4.98 Å². The average molecular weight is 201 g/mol. The minimum Gasteiger partial charge on any atom is -0.493 e. The minimum atomic E-state index is -0.162. The summed E-state index contributed by atoms with van der Waals surface area (Å²) in [6.07, 6.45) is 8.57. The first-order valence-electron chi connectivity index (χ1n) is 4.79. The van der Waals surface area contributed by atoms with Crippen LogP contribution in [0.2, 0.25) is 0 Å². The van der Waals surface area contributed by atoms with Gasteiger partial charge in [0.15, 0.2) is 5.78 Å². The number of hydrogen-bond donors (Lipinski definition) is 0. The number of aromatic nitrogens is 1. The first kappa shape index (κ1) is 9.65. The van der Waals surface area contributed by atoms with Gasteiger partial charge in [0.1, 0.15) is 6.10 Å². The lowest BCUT2D eigenvalue weighted by Crippen LogP contribution is -2.15. The average Bonchev–Trinajstić information content (AvgIpc) is 2.28. The van der Waals surface area contributed by atoms with Crippen LogP contribution in [-0.4, -0.2) is 16.9 Å². The Morgan fingerprint density at radius 2 is 2.40 bits per heavy atom. The van der Waals surface area contributed by atoms with Crippen molar-refractivity contribution in [2.45, 2.75) is 12.5 Å². The highest BCUT2D eigenvalue weighted by atomic mass is 16.5. The SMILES string of the molecule is O=C1C=CO[C@@H](/C=C\c2ccccn2)C1. The van der Waals surface area contributed by atoms with Crippen LogP contribution < -0.4 is 0 Å². The number of carbonyl (C=O) groups excluding carboxylic acids is 1. The zero-order chi connectivity index (χ0) is 10.5. The molecular formula is C12H11NO2. The molecule has 0 radical (unpaired) electrons. The van der Waals surface area contributed by atoms with Gasteiger partial charge in [-0.3, -0.25) is 9.78 Å². The Bertz CT molecular complexity index is 395. The molecule has 1 aromatic rings. The van der Waals surface area contributed by atoms with Crippen LogP contribution in [0.1, 0.15) is 12.1 Å².